The molecular formula is C23H24F2N8O2. The van der Waals surface area contributed by atoms with Crippen molar-refractivity contribution in [2.24, 2.45) is 11.1 Å². The fourth-order valence-corrected chi connectivity index (χ4v) is 5.01. The molecule has 4 heterocycles. The number of aliphatic hydroxyl groups is 1. The van der Waals surface area contributed by atoms with E-state index in [4.69, 9.17) is 10.5 Å². The van der Waals surface area contributed by atoms with E-state index in [2.05, 4.69) is 30.2 Å². The minimum atomic E-state index is -0.971. The van der Waals surface area contributed by atoms with E-state index in [1.54, 1.807) is 14.0 Å². The highest BCUT2D eigenvalue weighted by Crippen LogP contribution is 2.50. The molecule has 0 radical (unpaired) electrons. The number of nitrogens with one attached hydrogen (secondary N) is 2. The third-order valence-corrected chi connectivity index (χ3v) is 7.13. The van der Waals surface area contributed by atoms with Crippen molar-refractivity contribution < 1.29 is 18.6 Å². The maximum Gasteiger partial charge on any atom is 0.326 e. The summed E-state index contributed by atoms with van der Waals surface area (Å²) in [6, 6.07) is 1.22. The number of nitrogens with zero attached hydrogens (tertiary/aromatic N) is 5. The fourth-order valence-electron chi connectivity index (χ4n) is 5.01. The smallest absolute Gasteiger partial charge is 0.326 e. The molecule has 1 spiro atoms. The molecule has 1 saturated carbocycles. The number of benzene rings is 1. The SMILES string of the molecule is CNc1cc(F)c(F)c2c1[nH]c1nc(Oc3cnc([C@H](C)O)nc3)nc(N3CC4(CC[C@@H]4N)C3)c12. The second kappa shape index (κ2) is 7.68. The van der Waals surface area contributed by atoms with Crippen LogP contribution in [0.4, 0.5) is 20.3 Å². The van der Waals surface area contributed by atoms with E-state index in [9.17, 15) is 9.50 Å². The summed E-state index contributed by atoms with van der Waals surface area (Å²) in [7, 11) is 1.63. The van der Waals surface area contributed by atoms with Crippen LogP contribution in [-0.2, 0) is 0 Å². The summed E-state index contributed by atoms with van der Waals surface area (Å²) >= 11 is 0. The molecule has 10 nitrogen and oxygen atoms in total. The second-order valence-electron chi connectivity index (χ2n) is 9.32. The lowest BCUT2D eigenvalue weighted by atomic mass is 9.60. The van der Waals surface area contributed by atoms with E-state index in [0.717, 1.165) is 18.9 Å². The predicted molar refractivity (Wildman–Crippen MR) is 125 cm³/mol. The lowest BCUT2D eigenvalue weighted by molar-refractivity contribution is 0.0559. The average Bonchev–Trinajstić information content (AvgIpc) is 3.19. The van der Waals surface area contributed by atoms with Gasteiger partial charge in [-0.3, -0.25) is 0 Å². The normalized spacial score (nSPS) is 19.6. The molecule has 5 N–H and O–H groups in total. The predicted octanol–water partition coefficient (Wildman–Crippen LogP) is 2.99. The summed E-state index contributed by atoms with van der Waals surface area (Å²) < 4.78 is 35.4. The van der Waals surface area contributed by atoms with Gasteiger partial charge in [-0.05, 0) is 19.8 Å². The lowest BCUT2D eigenvalue weighted by Gasteiger charge is -2.60. The number of aromatic amines is 1. The first-order chi connectivity index (χ1) is 16.8. The maximum atomic E-state index is 15.1. The van der Waals surface area contributed by atoms with Crippen LogP contribution in [-0.4, -0.2) is 56.2 Å². The molecule has 0 amide bonds. The number of halogens is 2. The molecule has 2 fully saturated rings. The van der Waals surface area contributed by atoms with Crippen LogP contribution in [0.25, 0.3) is 21.9 Å². The Bertz CT molecular complexity index is 1450. The summed E-state index contributed by atoms with van der Waals surface area (Å²) in [5, 5.41) is 13.0. The first-order valence-corrected chi connectivity index (χ1v) is 11.4. The quantitative estimate of drug-likeness (QED) is 0.338. The van der Waals surface area contributed by atoms with Crippen molar-refractivity contribution in [3.8, 4) is 11.8 Å². The van der Waals surface area contributed by atoms with Crippen LogP contribution in [0.5, 0.6) is 11.8 Å². The molecule has 182 valence electrons. The van der Waals surface area contributed by atoms with Gasteiger partial charge in [0.15, 0.2) is 23.2 Å². The van der Waals surface area contributed by atoms with Gasteiger partial charge < -0.3 is 30.8 Å². The number of rotatable bonds is 5. The summed E-state index contributed by atoms with van der Waals surface area (Å²) in [6.45, 7) is 2.88. The van der Waals surface area contributed by atoms with E-state index in [0.29, 0.717) is 41.1 Å². The standard InChI is InChI=1S/C23H24F2N8O2/c1-10(34)19-28-6-11(7-29-19)35-22-31-20-16(15-17(25)12(24)5-13(27-2)18(15)30-20)21(32-22)33-8-23(9-33)4-3-14(23)26/h5-7,10,14,27,34H,3-4,8-9,26H2,1-2H3,(H,30,31,32)/t10-,14-/m0/s1. The molecular weight excluding hydrogens is 458 g/mol. The second-order valence-corrected chi connectivity index (χ2v) is 9.32. The molecule has 1 aliphatic carbocycles. The Hall–Kier alpha value is -3.64. The molecule has 12 heteroatoms. The Labute approximate surface area is 198 Å². The molecule has 35 heavy (non-hydrogen) atoms. The highest BCUT2D eigenvalue weighted by atomic mass is 19.2. The van der Waals surface area contributed by atoms with Crippen molar-refractivity contribution >= 4 is 33.4 Å². The Balaban J connectivity index is 1.49. The Morgan fingerprint density at radius 3 is 2.60 bits per heavy atom. The minimum Gasteiger partial charge on any atom is -0.421 e. The third kappa shape index (κ3) is 3.27. The summed E-state index contributed by atoms with van der Waals surface area (Å²) in [5.41, 5.74) is 7.36. The first kappa shape index (κ1) is 21.9. The van der Waals surface area contributed by atoms with Gasteiger partial charge in [-0.15, -0.1) is 0 Å². The van der Waals surface area contributed by atoms with Crippen molar-refractivity contribution in [1.82, 2.24) is 24.9 Å². The third-order valence-electron chi connectivity index (χ3n) is 7.13. The van der Waals surface area contributed by atoms with E-state index in [1.807, 2.05) is 4.90 Å². The van der Waals surface area contributed by atoms with Gasteiger partial charge in [0, 0.05) is 37.7 Å². The maximum absolute atomic E-state index is 15.1. The van der Waals surface area contributed by atoms with E-state index < -0.39 is 17.7 Å². The molecule has 3 aromatic heterocycles. The summed E-state index contributed by atoms with van der Waals surface area (Å²) in [6.07, 6.45) is 4.00. The van der Waals surface area contributed by atoms with Crippen LogP contribution in [0, 0.1) is 17.0 Å². The summed E-state index contributed by atoms with van der Waals surface area (Å²) in [5.74, 6) is -0.976. The molecule has 6 rings (SSSR count). The molecule has 1 aromatic carbocycles. The highest BCUT2D eigenvalue weighted by Gasteiger charge is 2.54. The van der Waals surface area contributed by atoms with Crippen molar-refractivity contribution in [2.45, 2.75) is 31.9 Å². The van der Waals surface area contributed by atoms with Crippen LogP contribution < -0.4 is 20.7 Å². The number of hydrogen-bond donors (Lipinski definition) is 4. The minimum absolute atomic E-state index is 0.00167. The Morgan fingerprint density at radius 1 is 1.26 bits per heavy atom. The van der Waals surface area contributed by atoms with Gasteiger partial charge in [0.2, 0.25) is 0 Å². The number of aliphatic hydroxyl groups excluding tert-OH is 1. The zero-order chi connectivity index (χ0) is 24.5. The number of aromatic nitrogens is 5. The number of nitrogens with two attached hydrogens (primary N) is 1. The lowest BCUT2D eigenvalue weighted by Crippen LogP contribution is -2.69. The molecule has 1 saturated heterocycles. The van der Waals surface area contributed by atoms with E-state index >= 15 is 4.39 Å². The van der Waals surface area contributed by atoms with Crippen molar-refractivity contribution in [3.63, 3.8) is 0 Å². The monoisotopic (exact) mass is 482 g/mol. The average molecular weight is 482 g/mol. The van der Waals surface area contributed by atoms with Gasteiger partial charge in [-0.2, -0.15) is 9.97 Å². The topological polar surface area (TPSA) is 138 Å². The zero-order valence-electron chi connectivity index (χ0n) is 19.1. The van der Waals surface area contributed by atoms with Crippen molar-refractivity contribution in [1.29, 1.82) is 0 Å². The van der Waals surface area contributed by atoms with Gasteiger partial charge in [0.05, 0.1) is 34.4 Å². The van der Waals surface area contributed by atoms with Gasteiger partial charge in [-0.1, -0.05) is 0 Å². The van der Waals surface area contributed by atoms with Crippen molar-refractivity contribution in [2.75, 3.05) is 30.4 Å². The Morgan fingerprint density at radius 2 is 2.00 bits per heavy atom. The molecule has 0 unspecified atom stereocenters. The van der Waals surface area contributed by atoms with E-state index in [1.165, 1.54) is 12.4 Å². The van der Waals surface area contributed by atoms with Crippen LogP contribution in [0.15, 0.2) is 18.5 Å². The van der Waals surface area contributed by atoms with Gasteiger partial charge in [0.1, 0.15) is 17.6 Å². The molecule has 2 atom stereocenters. The van der Waals surface area contributed by atoms with Crippen LogP contribution in [0.3, 0.4) is 0 Å². The van der Waals surface area contributed by atoms with Crippen molar-refractivity contribution in [3.05, 3.63) is 35.9 Å². The molecule has 0 bridgehead atoms. The fraction of sp³-hybridized carbons (Fsp3) is 0.391. The number of anilines is 2. The zero-order valence-corrected chi connectivity index (χ0v) is 19.1. The number of ether oxygens (including phenoxy) is 1. The molecule has 4 aromatic rings. The first-order valence-electron chi connectivity index (χ1n) is 11.4. The highest BCUT2D eigenvalue weighted by molar-refractivity contribution is 6.15. The van der Waals surface area contributed by atoms with Gasteiger partial charge in [0.25, 0.3) is 0 Å². The van der Waals surface area contributed by atoms with Gasteiger partial charge >= 0.3 is 6.01 Å². The molecule has 1 aliphatic heterocycles. The van der Waals surface area contributed by atoms with E-state index in [-0.39, 0.29) is 34.4 Å². The van der Waals surface area contributed by atoms with Crippen LogP contribution in [0.2, 0.25) is 0 Å². The number of fused-ring (bicyclic) bond motifs is 3. The summed E-state index contributed by atoms with van der Waals surface area (Å²) in [4.78, 5) is 22.3. The number of H-pyrrole nitrogens is 1. The van der Waals surface area contributed by atoms with Crippen LogP contribution in [0.1, 0.15) is 31.7 Å². The molecule has 2 aliphatic rings. The largest absolute Gasteiger partial charge is 0.421 e. The Kier molecular flexibility index (Phi) is 4.80. The van der Waals surface area contributed by atoms with Gasteiger partial charge in [-0.25, -0.2) is 18.7 Å². The number of hydrogen-bond acceptors (Lipinski definition) is 9. The van der Waals surface area contributed by atoms with Crippen LogP contribution >= 0.6 is 0 Å².